The molecule has 1 aromatic rings. The normalized spacial score (nSPS) is 25.3. The molecule has 3 fully saturated rings. The van der Waals surface area contributed by atoms with Crippen molar-refractivity contribution in [1.82, 2.24) is 9.80 Å². The Kier molecular flexibility index (Phi) is 5.06. The highest BCUT2D eigenvalue weighted by atomic mass is 32.1. The number of carbonyl (C=O) groups is 2. The molecule has 1 aromatic heterocycles. The lowest BCUT2D eigenvalue weighted by atomic mass is 9.81. The molecule has 5 nitrogen and oxygen atoms in total. The Balaban J connectivity index is 1.35. The van der Waals surface area contributed by atoms with Crippen LogP contribution in [0.1, 0.15) is 51.0 Å². The zero-order chi connectivity index (χ0) is 18.1. The Labute approximate surface area is 159 Å². The van der Waals surface area contributed by atoms with Crippen LogP contribution in [-0.4, -0.2) is 59.0 Å². The van der Waals surface area contributed by atoms with Crippen molar-refractivity contribution in [3.63, 3.8) is 0 Å². The molecule has 2 amide bonds. The van der Waals surface area contributed by atoms with E-state index in [4.69, 9.17) is 4.74 Å². The molecule has 6 heteroatoms. The summed E-state index contributed by atoms with van der Waals surface area (Å²) in [5, 5.41) is 4.07. The number of hydrogen-bond donors (Lipinski definition) is 0. The lowest BCUT2D eigenvalue weighted by Gasteiger charge is -2.48. The van der Waals surface area contributed by atoms with Crippen molar-refractivity contribution >= 4 is 23.2 Å². The topological polar surface area (TPSA) is 49.9 Å². The van der Waals surface area contributed by atoms with Gasteiger partial charge in [-0.3, -0.25) is 9.59 Å². The summed E-state index contributed by atoms with van der Waals surface area (Å²) in [6.45, 7) is 3.95. The quantitative estimate of drug-likeness (QED) is 0.812. The van der Waals surface area contributed by atoms with Gasteiger partial charge in [0.25, 0.3) is 0 Å². The summed E-state index contributed by atoms with van der Waals surface area (Å²) in [6, 6.07) is 2.79. The van der Waals surface area contributed by atoms with Gasteiger partial charge in [0.2, 0.25) is 11.8 Å². The zero-order valence-electron chi connectivity index (χ0n) is 15.5. The molecule has 26 heavy (non-hydrogen) atoms. The molecule has 1 atom stereocenters. The maximum Gasteiger partial charge on any atom is 0.227 e. The predicted molar refractivity (Wildman–Crippen MR) is 101 cm³/mol. The first kappa shape index (κ1) is 18.0. The van der Waals surface area contributed by atoms with Crippen molar-refractivity contribution in [3.05, 3.63) is 22.4 Å². The number of nitrogens with zero attached hydrogens (tertiary/aromatic N) is 2. The third-order valence-corrected chi connectivity index (χ3v) is 6.86. The second kappa shape index (κ2) is 7.31. The Hall–Kier alpha value is -1.40. The predicted octanol–water partition coefficient (Wildman–Crippen LogP) is 2.84. The van der Waals surface area contributed by atoms with Crippen molar-refractivity contribution in [2.24, 2.45) is 0 Å². The average Bonchev–Trinajstić information content (AvgIpc) is 3.30. The van der Waals surface area contributed by atoms with E-state index < -0.39 is 0 Å². The maximum absolute atomic E-state index is 12.5. The van der Waals surface area contributed by atoms with E-state index in [0.717, 1.165) is 63.8 Å². The first-order valence-corrected chi connectivity index (χ1v) is 10.7. The summed E-state index contributed by atoms with van der Waals surface area (Å²) in [5.74, 6) is 0.423. The van der Waals surface area contributed by atoms with Crippen LogP contribution in [0.15, 0.2) is 16.8 Å². The minimum Gasteiger partial charge on any atom is -0.375 e. The maximum atomic E-state index is 12.5. The second-order valence-electron chi connectivity index (χ2n) is 8.02. The van der Waals surface area contributed by atoms with E-state index in [1.165, 1.54) is 0 Å². The monoisotopic (exact) mass is 376 g/mol. The Morgan fingerprint density at radius 2 is 2.04 bits per heavy atom. The molecule has 1 aliphatic carbocycles. The van der Waals surface area contributed by atoms with Crippen molar-refractivity contribution in [2.75, 3.05) is 19.7 Å². The van der Waals surface area contributed by atoms with E-state index in [9.17, 15) is 9.59 Å². The molecule has 1 unspecified atom stereocenters. The van der Waals surface area contributed by atoms with Crippen LogP contribution in [0, 0.1) is 0 Å². The summed E-state index contributed by atoms with van der Waals surface area (Å²) in [5.41, 5.74) is 0.959. The molecular weight excluding hydrogens is 348 g/mol. The van der Waals surface area contributed by atoms with Crippen molar-refractivity contribution in [2.45, 2.75) is 69.6 Å². The summed E-state index contributed by atoms with van der Waals surface area (Å²) >= 11 is 1.64. The fourth-order valence-corrected chi connectivity index (χ4v) is 5.26. The van der Waals surface area contributed by atoms with Crippen LogP contribution in [0.3, 0.4) is 0 Å². The van der Waals surface area contributed by atoms with Gasteiger partial charge < -0.3 is 14.5 Å². The van der Waals surface area contributed by atoms with E-state index in [-0.39, 0.29) is 17.4 Å². The van der Waals surface area contributed by atoms with Crippen molar-refractivity contribution in [3.8, 4) is 0 Å². The van der Waals surface area contributed by atoms with Crippen LogP contribution in [0.25, 0.3) is 0 Å². The number of thiophene rings is 1. The number of hydrogen-bond acceptors (Lipinski definition) is 4. The summed E-state index contributed by atoms with van der Waals surface area (Å²) in [7, 11) is 0. The van der Waals surface area contributed by atoms with Crippen LogP contribution < -0.4 is 0 Å². The molecule has 3 heterocycles. The van der Waals surface area contributed by atoms with E-state index >= 15 is 0 Å². The van der Waals surface area contributed by atoms with Gasteiger partial charge in [-0.1, -0.05) is 0 Å². The van der Waals surface area contributed by atoms with Crippen LogP contribution in [-0.2, 0) is 20.7 Å². The SMILES string of the molecule is CC(=O)N(C1CC1)C1CCOC2(CCN(C(=O)Cc3ccsc3)CC2)C1. The second-order valence-corrected chi connectivity index (χ2v) is 8.80. The highest BCUT2D eigenvalue weighted by molar-refractivity contribution is 7.08. The lowest BCUT2D eigenvalue weighted by Crippen LogP contribution is -2.55. The number of carbonyl (C=O) groups excluding carboxylic acids is 2. The minimum absolute atomic E-state index is 0.148. The Morgan fingerprint density at radius 3 is 2.65 bits per heavy atom. The molecule has 4 rings (SSSR count). The van der Waals surface area contributed by atoms with Gasteiger partial charge in [0.05, 0.1) is 12.0 Å². The van der Waals surface area contributed by atoms with Crippen molar-refractivity contribution in [1.29, 1.82) is 0 Å². The first-order valence-electron chi connectivity index (χ1n) is 9.78. The van der Waals surface area contributed by atoms with Crippen LogP contribution >= 0.6 is 11.3 Å². The van der Waals surface area contributed by atoms with Crippen LogP contribution in [0.5, 0.6) is 0 Å². The number of likely N-dealkylation sites (tertiary alicyclic amines) is 1. The highest BCUT2D eigenvalue weighted by Gasteiger charge is 2.45. The Morgan fingerprint density at radius 1 is 1.27 bits per heavy atom. The molecule has 0 aromatic carbocycles. The number of ether oxygens (including phenoxy) is 1. The molecule has 3 aliphatic rings. The third-order valence-electron chi connectivity index (χ3n) is 6.13. The number of rotatable bonds is 4. The van der Waals surface area contributed by atoms with E-state index in [2.05, 4.69) is 4.90 Å². The van der Waals surface area contributed by atoms with E-state index in [1.54, 1.807) is 18.3 Å². The van der Waals surface area contributed by atoms with Crippen molar-refractivity contribution < 1.29 is 14.3 Å². The molecule has 1 spiro atoms. The van der Waals surface area contributed by atoms with E-state index in [1.807, 2.05) is 21.7 Å². The average molecular weight is 377 g/mol. The third kappa shape index (κ3) is 3.81. The smallest absolute Gasteiger partial charge is 0.227 e. The van der Waals surface area contributed by atoms with Gasteiger partial charge in [0.15, 0.2) is 0 Å². The molecule has 2 aliphatic heterocycles. The molecule has 0 N–H and O–H groups in total. The number of amides is 2. The van der Waals surface area contributed by atoms with Crippen LogP contribution in [0.4, 0.5) is 0 Å². The van der Waals surface area contributed by atoms with Gasteiger partial charge in [-0.05, 0) is 60.9 Å². The molecule has 0 bridgehead atoms. The zero-order valence-corrected chi connectivity index (χ0v) is 16.3. The van der Waals surface area contributed by atoms with E-state index in [0.29, 0.717) is 18.5 Å². The minimum atomic E-state index is -0.148. The number of piperidine rings is 1. The molecule has 0 radical (unpaired) electrons. The largest absolute Gasteiger partial charge is 0.375 e. The fraction of sp³-hybridized carbons (Fsp3) is 0.700. The highest BCUT2D eigenvalue weighted by Crippen LogP contribution is 2.40. The molecular formula is C20H28N2O3S. The van der Waals surface area contributed by atoms with Crippen LogP contribution in [0.2, 0.25) is 0 Å². The summed E-state index contributed by atoms with van der Waals surface area (Å²) < 4.78 is 6.23. The van der Waals surface area contributed by atoms with Gasteiger partial charge in [-0.25, -0.2) is 0 Å². The summed E-state index contributed by atoms with van der Waals surface area (Å²) in [6.07, 6.45) is 6.43. The lowest BCUT2D eigenvalue weighted by molar-refractivity contribution is -0.154. The standard InChI is InChI=1S/C20H28N2O3S/c1-15(23)22(17-2-3-17)18-4-10-25-20(13-18)6-8-21(9-7-20)19(24)12-16-5-11-26-14-16/h5,11,14,17-18H,2-4,6-10,12-13H2,1H3. The fourth-order valence-electron chi connectivity index (χ4n) is 4.60. The van der Waals surface area contributed by atoms with Gasteiger partial charge in [0.1, 0.15) is 0 Å². The first-order chi connectivity index (χ1) is 12.6. The van der Waals surface area contributed by atoms with Gasteiger partial charge in [0, 0.05) is 38.7 Å². The van der Waals surface area contributed by atoms with Gasteiger partial charge >= 0.3 is 0 Å². The molecule has 142 valence electrons. The summed E-state index contributed by atoms with van der Waals surface area (Å²) in [4.78, 5) is 28.8. The van der Waals surface area contributed by atoms with Gasteiger partial charge in [-0.2, -0.15) is 11.3 Å². The Bertz CT molecular complexity index is 648. The molecule has 1 saturated carbocycles. The molecule has 2 saturated heterocycles. The van der Waals surface area contributed by atoms with Gasteiger partial charge in [-0.15, -0.1) is 0 Å².